The van der Waals surface area contributed by atoms with Crippen molar-refractivity contribution in [1.29, 1.82) is 0 Å². The highest BCUT2D eigenvalue weighted by Gasteiger charge is 2.47. The van der Waals surface area contributed by atoms with Gasteiger partial charge in [0.05, 0.1) is 25.0 Å². The number of hydrogen-bond donors (Lipinski definition) is 3. The molecule has 0 bridgehead atoms. The summed E-state index contributed by atoms with van der Waals surface area (Å²) in [6.45, 7) is 15.2. The zero-order valence-corrected chi connectivity index (χ0v) is 20.9. The van der Waals surface area contributed by atoms with Gasteiger partial charge in [0.1, 0.15) is 0 Å². The van der Waals surface area contributed by atoms with Crippen LogP contribution in [0.1, 0.15) is 73.1 Å². The number of nitrogens with one attached hydrogen (secondary N) is 2. The highest BCUT2D eigenvalue weighted by Crippen LogP contribution is 2.58. The molecule has 3 fully saturated rings. The molecule has 2 saturated heterocycles. The van der Waals surface area contributed by atoms with E-state index in [2.05, 4.69) is 74.3 Å². The van der Waals surface area contributed by atoms with E-state index in [4.69, 9.17) is 5.73 Å². The predicted octanol–water partition coefficient (Wildman–Crippen LogP) is 3.85. The molecule has 5 heteroatoms. The van der Waals surface area contributed by atoms with Gasteiger partial charge < -0.3 is 5.73 Å². The van der Waals surface area contributed by atoms with Gasteiger partial charge in [-0.1, -0.05) is 51.0 Å². The molecule has 1 saturated carbocycles. The van der Waals surface area contributed by atoms with Crippen LogP contribution in [0.4, 0.5) is 0 Å². The van der Waals surface area contributed by atoms with Gasteiger partial charge in [0.15, 0.2) is 0 Å². The minimum absolute atomic E-state index is 0.0328. The van der Waals surface area contributed by atoms with Crippen LogP contribution in [0.5, 0.6) is 0 Å². The number of allylic oxidation sites excluding steroid dienone is 3. The molecule has 4 rings (SSSR count). The predicted molar refractivity (Wildman–Crippen MR) is 130 cm³/mol. The average molecular weight is 430 g/mol. The summed E-state index contributed by atoms with van der Waals surface area (Å²) in [5.74, 6) is 1.57. The maximum Gasteiger partial charge on any atom is 0.0804 e. The molecule has 0 amide bonds. The molecular weight excluding hydrogens is 382 g/mol. The molecule has 0 aromatic rings. The zero-order valence-electron chi connectivity index (χ0n) is 20.9. The van der Waals surface area contributed by atoms with Gasteiger partial charge in [-0.15, -0.1) is 0 Å². The Hall–Kier alpha value is -0.720. The summed E-state index contributed by atoms with van der Waals surface area (Å²) in [4.78, 5) is 4.90. The lowest BCUT2D eigenvalue weighted by Crippen LogP contribution is -2.67. The number of nitrogens with two attached hydrogens (primary N) is 1. The quantitative estimate of drug-likeness (QED) is 0.580. The maximum absolute atomic E-state index is 6.41. The third-order valence-corrected chi connectivity index (χ3v) is 9.46. The van der Waals surface area contributed by atoms with Gasteiger partial charge in [-0.05, 0) is 75.2 Å². The second-order valence-electron chi connectivity index (χ2n) is 11.9. The summed E-state index contributed by atoms with van der Waals surface area (Å²) < 4.78 is 0. The number of fused-ring (bicyclic) bond motifs is 2. The first kappa shape index (κ1) is 23.4. The van der Waals surface area contributed by atoms with Crippen molar-refractivity contribution in [3.63, 3.8) is 0 Å². The highest BCUT2D eigenvalue weighted by molar-refractivity contribution is 5.26. The van der Waals surface area contributed by atoms with Crippen molar-refractivity contribution in [2.24, 2.45) is 28.4 Å². The van der Waals surface area contributed by atoms with E-state index >= 15 is 0 Å². The van der Waals surface area contributed by atoms with Crippen LogP contribution >= 0.6 is 0 Å². The normalized spacial score (nSPS) is 41.6. The molecule has 31 heavy (non-hydrogen) atoms. The van der Waals surface area contributed by atoms with E-state index in [1.165, 1.54) is 44.1 Å². The van der Waals surface area contributed by atoms with Crippen LogP contribution in [0.2, 0.25) is 0 Å². The van der Waals surface area contributed by atoms with Crippen LogP contribution in [0, 0.1) is 22.7 Å². The summed E-state index contributed by atoms with van der Waals surface area (Å²) in [7, 11) is 2.19. The Morgan fingerprint density at radius 3 is 2.81 bits per heavy atom. The fourth-order valence-electron chi connectivity index (χ4n) is 6.97. The Morgan fingerprint density at radius 2 is 2.03 bits per heavy atom. The van der Waals surface area contributed by atoms with Crippen LogP contribution in [0.15, 0.2) is 23.3 Å². The minimum atomic E-state index is 0.0328. The van der Waals surface area contributed by atoms with E-state index in [9.17, 15) is 0 Å². The Morgan fingerprint density at radius 1 is 1.26 bits per heavy atom. The summed E-state index contributed by atoms with van der Waals surface area (Å²) in [6.07, 6.45) is 13.3. The van der Waals surface area contributed by atoms with Crippen molar-refractivity contribution in [3.05, 3.63) is 23.3 Å². The van der Waals surface area contributed by atoms with Crippen LogP contribution < -0.4 is 16.4 Å². The lowest BCUT2D eigenvalue weighted by atomic mass is 9.52. The molecule has 0 spiro atoms. The Labute approximate surface area is 190 Å². The van der Waals surface area contributed by atoms with Gasteiger partial charge in [-0.25, -0.2) is 0 Å². The molecule has 0 radical (unpaired) electrons. The first-order valence-corrected chi connectivity index (χ1v) is 12.7. The molecule has 4 aliphatic rings. The third-order valence-electron chi connectivity index (χ3n) is 9.46. The van der Waals surface area contributed by atoms with Gasteiger partial charge in [0.2, 0.25) is 0 Å². The van der Waals surface area contributed by atoms with Crippen molar-refractivity contribution >= 4 is 0 Å². The largest absolute Gasteiger partial charge is 0.314 e. The van der Waals surface area contributed by atoms with E-state index < -0.39 is 0 Å². The molecule has 176 valence electrons. The molecular formula is C26H47N5. The summed E-state index contributed by atoms with van der Waals surface area (Å²) in [5, 5.41) is 6.93. The number of nitrogens with zero attached hydrogens (tertiary/aromatic N) is 2. The molecule has 2 heterocycles. The fraction of sp³-hybridized carbons (Fsp3) is 0.846. The topological polar surface area (TPSA) is 56.6 Å². The van der Waals surface area contributed by atoms with Crippen LogP contribution in [-0.2, 0) is 0 Å². The third kappa shape index (κ3) is 4.41. The van der Waals surface area contributed by atoms with Crippen molar-refractivity contribution in [3.8, 4) is 0 Å². The molecule has 2 aliphatic heterocycles. The molecule has 6 unspecified atom stereocenters. The minimum Gasteiger partial charge on any atom is -0.314 e. The fourth-order valence-corrected chi connectivity index (χ4v) is 6.97. The van der Waals surface area contributed by atoms with E-state index in [0.717, 1.165) is 31.7 Å². The highest BCUT2D eigenvalue weighted by atomic mass is 15.5. The SMILES string of the molecule is CC(=CCN1CN(C)C2NCNC(N)C21)CCC1(C)C2=CCCC(C)(C)C2CCC1C. The van der Waals surface area contributed by atoms with E-state index in [1.807, 2.05) is 0 Å². The van der Waals surface area contributed by atoms with Gasteiger partial charge in [-0.2, -0.15) is 0 Å². The zero-order chi connectivity index (χ0) is 22.4. The van der Waals surface area contributed by atoms with Crippen LogP contribution in [-0.4, -0.2) is 55.1 Å². The van der Waals surface area contributed by atoms with Crippen LogP contribution in [0.25, 0.3) is 0 Å². The van der Waals surface area contributed by atoms with Crippen molar-refractivity contribution in [2.75, 3.05) is 26.9 Å². The molecule has 0 aromatic heterocycles. The van der Waals surface area contributed by atoms with Crippen molar-refractivity contribution < 1.29 is 0 Å². The van der Waals surface area contributed by atoms with Crippen molar-refractivity contribution in [2.45, 2.75) is 91.5 Å². The Bertz CT molecular complexity index is 713. The molecule has 2 aliphatic carbocycles. The Balaban J connectivity index is 1.40. The molecule has 5 nitrogen and oxygen atoms in total. The van der Waals surface area contributed by atoms with Gasteiger partial charge in [-0.3, -0.25) is 20.4 Å². The van der Waals surface area contributed by atoms with Gasteiger partial charge in [0.25, 0.3) is 0 Å². The first-order chi connectivity index (χ1) is 14.6. The monoisotopic (exact) mass is 429 g/mol. The lowest BCUT2D eigenvalue weighted by Gasteiger charge is -2.53. The number of likely N-dealkylation sites (N-methyl/N-ethyl adjacent to an activating group) is 1. The molecule has 6 atom stereocenters. The smallest absolute Gasteiger partial charge is 0.0804 e. The molecule has 4 N–H and O–H groups in total. The molecule has 0 aromatic carbocycles. The number of rotatable bonds is 5. The van der Waals surface area contributed by atoms with Gasteiger partial charge >= 0.3 is 0 Å². The average Bonchev–Trinajstić information content (AvgIpc) is 3.05. The van der Waals surface area contributed by atoms with E-state index in [0.29, 0.717) is 23.0 Å². The summed E-state index contributed by atoms with van der Waals surface area (Å²) in [6, 6.07) is 0.328. The van der Waals surface area contributed by atoms with Gasteiger partial charge in [0, 0.05) is 13.2 Å². The maximum atomic E-state index is 6.41. The van der Waals surface area contributed by atoms with E-state index in [1.54, 1.807) is 5.57 Å². The lowest BCUT2D eigenvalue weighted by molar-refractivity contribution is 0.0812. The summed E-state index contributed by atoms with van der Waals surface area (Å²) in [5.41, 5.74) is 10.6. The Kier molecular flexibility index (Phi) is 6.73. The standard InChI is InChI=1S/C26H47N5/c1-18(12-15-31-17-30(6)24-22(31)23(27)28-16-29-24)11-14-26(5)19(2)9-10-20-21(26)8-7-13-25(20,3)4/h8,12,19-20,22-24,28-29H,7,9-11,13-17,27H2,1-6H3. The van der Waals surface area contributed by atoms with Crippen LogP contribution in [0.3, 0.4) is 0 Å². The number of hydrogen-bond acceptors (Lipinski definition) is 5. The van der Waals surface area contributed by atoms with Crippen molar-refractivity contribution in [1.82, 2.24) is 20.4 Å². The second-order valence-corrected chi connectivity index (χ2v) is 11.9. The summed E-state index contributed by atoms with van der Waals surface area (Å²) >= 11 is 0. The van der Waals surface area contributed by atoms with E-state index in [-0.39, 0.29) is 6.17 Å². The first-order valence-electron chi connectivity index (χ1n) is 12.7. The second kappa shape index (κ2) is 8.90.